The van der Waals surface area contributed by atoms with Crippen LogP contribution in [0.15, 0.2) is 42.5 Å². The van der Waals surface area contributed by atoms with Gasteiger partial charge < -0.3 is 10.6 Å². The molecule has 1 aliphatic heterocycles. The van der Waals surface area contributed by atoms with E-state index in [1.807, 2.05) is 0 Å². The van der Waals surface area contributed by atoms with E-state index in [0.29, 0.717) is 29.9 Å². The third-order valence-corrected chi connectivity index (χ3v) is 4.36. The van der Waals surface area contributed by atoms with Crippen LogP contribution in [0, 0.1) is 18.6 Å². The van der Waals surface area contributed by atoms with Gasteiger partial charge in [0.1, 0.15) is 17.7 Å². The maximum Gasteiger partial charge on any atom is 0.242 e. The van der Waals surface area contributed by atoms with Crippen molar-refractivity contribution in [3.63, 3.8) is 0 Å². The monoisotopic (exact) mass is 359 g/mol. The highest BCUT2D eigenvalue weighted by Gasteiger charge is 2.32. The first-order valence-electron chi connectivity index (χ1n) is 8.28. The fourth-order valence-corrected chi connectivity index (χ4v) is 3.04. The number of carbonyl (C=O) groups excluding carboxylic acids is 2. The Bertz CT molecular complexity index is 841. The molecule has 1 saturated heterocycles. The average molecular weight is 359 g/mol. The number of piperazine rings is 1. The SMILES string of the molecule is Cc1c(F)cccc1NC(=O)CN1CCNC(=O)C1c1cccc(F)c1. The molecule has 1 aliphatic rings. The third-order valence-electron chi connectivity index (χ3n) is 4.36. The van der Waals surface area contributed by atoms with Crippen molar-refractivity contribution in [2.45, 2.75) is 13.0 Å². The molecule has 1 heterocycles. The van der Waals surface area contributed by atoms with Gasteiger partial charge in [0, 0.05) is 24.3 Å². The molecule has 136 valence electrons. The van der Waals surface area contributed by atoms with Crippen LogP contribution in [-0.4, -0.2) is 36.3 Å². The van der Waals surface area contributed by atoms with Gasteiger partial charge in [0.05, 0.1) is 6.54 Å². The van der Waals surface area contributed by atoms with Crippen LogP contribution >= 0.6 is 0 Å². The Morgan fingerprint density at radius 2 is 2.04 bits per heavy atom. The lowest BCUT2D eigenvalue weighted by Gasteiger charge is -2.34. The second-order valence-electron chi connectivity index (χ2n) is 6.18. The van der Waals surface area contributed by atoms with Crippen LogP contribution in [0.4, 0.5) is 14.5 Å². The highest BCUT2D eigenvalue weighted by molar-refractivity contribution is 5.93. The topological polar surface area (TPSA) is 61.4 Å². The predicted molar refractivity (Wildman–Crippen MR) is 93.5 cm³/mol. The molecule has 3 rings (SSSR count). The molecule has 0 aliphatic carbocycles. The van der Waals surface area contributed by atoms with Crippen molar-refractivity contribution in [3.8, 4) is 0 Å². The molecule has 26 heavy (non-hydrogen) atoms. The average Bonchev–Trinajstić information content (AvgIpc) is 2.59. The number of rotatable bonds is 4. The predicted octanol–water partition coefficient (Wildman–Crippen LogP) is 2.38. The Morgan fingerprint density at radius 1 is 1.27 bits per heavy atom. The van der Waals surface area contributed by atoms with Gasteiger partial charge in [-0.2, -0.15) is 0 Å². The van der Waals surface area contributed by atoms with Crippen LogP contribution < -0.4 is 10.6 Å². The summed E-state index contributed by atoms with van der Waals surface area (Å²) < 4.78 is 27.2. The lowest BCUT2D eigenvalue weighted by molar-refractivity contribution is -0.130. The summed E-state index contributed by atoms with van der Waals surface area (Å²) in [6.07, 6.45) is 0. The summed E-state index contributed by atoms with van der Waals surface area (Å²) in [5.74, 6) is -1.50. The van der Waals surface area contributed by atoms with Crippen molar-refractivity contribution in [2.24, 2.45) is 0 Å². The maximum absolute atomic E-state index is 13.6. The Balaban J connectivity index is 1.76. The number of halogens is 2. The molecule has 0 bridgehead atoms. The van der Waals surface area contributed by atoms with Gasteiger partial charge in [-0.25, -0.2) is 8.78 Å². The first-order valence-corrected chi connectivity index (χ1v) is 8.28. The molecule has 7 heteroatoms. The van der Waals surface area contributed by atoms with Gasteiger partial charge in [-0.3, -0.25) is 14.5 Å². The van der Waals surface area contributed by atoms with Crippen molar-refractivity contribution in [3.05, 3.63) is 65.2 Å². The van der Waals surface area contributed by atoms with Crippen LogP contribution in [0.2, 0.25) is 0 Å². The van der Waals surface area contributed by atoms with Crippen LogP contribution in [0.1, 0.15) is 17.2 Å². The summed E-state index contributed by atoms with van der Waals surface area (Å²) in [5.41, 5.74) is 1.22. The molecular formula is C19H19F2N3O2. The van der Waals surface area contributed by atoms with E-state index < -0.39 is 17.7 Å². The number of hydrogen-bond donors (Lipinski definition) is 2. The number of hydrogen-bond acceptors (Lipinski definition) is 3. The zero-order chi connectivity index (χ0) is 18.7. The van der Waals surface area contributed by atoms with Gasteiger partial charge in [-0.1, -0.05) is 18.2 Å². The molecule has 0 radical (unpaired) electrons. The molecule has 1 unspecified atom stereocenters. The minimum Gasteiger partial charge on any atom is -0.353 e. The van der Waals surface area contributed by atoms with E-state index in [9.17, 15) is 18.4 Å². The van der Waals surface area contributed by atoms with Crippen LogP contribution in [-0.2, 0) is 9.59 Å². The van der Waals surface area contributed by atoms with E-state index in [4.69, 9.17) is 0 Å². The second kappa shape index (κ2) is 7.61. The molecule has 5 nitrogen and oxygen atoms in total. The number of anilines is 1. The van der Waals surface area contributed by atoms with Crippen molar-refractivity contribution in [2.75, 3.05) is 25.0 Å². The number of benzene rings is 2. The molecule has 1 fully saturated rings. The van der Waals surface area contributed by atoms with Crippen molar-refractivity contribution in [1.29, 1.82) is 0 Å². The normalized spacial score (nSPS) is 17.7. The summed E-state index contributed by atoms with van der Waals surface area (Å²) in [7, 11) is 0. The highest BCUT2D eigenvalue weighted by atomic mass is 19.1. The standard InChI is InChI=1S/C19H19F2N3O2/c1-12-15(21)6-3-7-16(12)23-17(25)11-24-9-8-22-19(26)18(24)13-4-2-5-14(20)10-13/h2-7,10,18H,8-9,11H2,1H3,(H,22,26)(H,23,25). The fourth-order valence-electron chi connectivity index (χ4n) is 3.04. The van der Waals surface area contributed by atoms with Gasteiger partial charge >= 0.3 is 0 Å². The molecule has 1 atom stereocenters. The molecule has 2 N–H and O–H groups in total. The van der Waals surface area contributed by atoms with E-state index >= 15 is 0 Å². The van der Waals surface area contributed by atoms with Crippen LogP contribution in [0.5, 0.6) is 0 Å². The summed E-state index contributed by atoms with van der Waals surface area (Å²) in [5, 5.41) is 5.41. The third kappa shape index (κ3) is 3.88. The van der Waals surface area contributed by atoms with Crippen molar-refractivity contribution >= 4 is 17.5 Å². The van der Waals surface area contributed by atoms with Crippen LogP contribution in [0.25, 0.3) is 0 Å². The lowest BCUT2D eigenvalue weighted by Crippen LogP contribution is -2.52. The molecular weight excluding hydrogens is 340 g/mol. The van der Waals surface area contributed by atoms with Gasteiger partial charge in [0.15, 0.2) is 0 Å². The zero-order valence-electron chi connectivity index (χ0n) is 14.3. The van der Waals surface area contributed by atoms with E-state index in [0.717, 1.165) is 0 Å². The lowest BCUT2D eigenvalue weighted by atomic mass is 10.0. The van der Waals surface area contributed by atoms with Gasteiger partial charge in [0.25, 0.3) is 0 Å². The molecule has 0 spiro atoms. The molecule has 0 saturated carbocycles. The Kier molecular flexibility index (Phi) is 5.27. The number of nitrogens with zero attached hydrogens (tertiary/aromatic N) is 1. The second-order valence-corrected chi connectivity index (χ2v) is 6.18. The Labute approximate surface area is 150 Å². The number of carbonyl (C=O) groups is 2. The minimum absolute atomic E-state index is 0.0649. The molecule has 2 aromatic carbocycles. The van der Waals surface area contributed by atoms with Crippen molar-refractivity contribution in [1.82, 2.24) is 10.2 Å². The van der Waals surface area contributed by atoms with E-state index in [1.165, 1.54) is 30.3 Å². The summed E-state index contributed by atoms with van der Waals surface area (Å²) in [4.78, 5) is 26.4. The van der Waals surface area contributed by atoms with Crippen molar-refractivity contribution < 1.29 is 18.4 Å². The quantitative estimate of drug-likeness (QED) is 0.881. The number of nitrogens with one attached hydrogen (secondary N) is 2. The van der Waals surface area contributed by atoms with E-state index in [2.05, 4.69) is 10.6 Å². The molecule has 2 amide bonds. The van der Waals surface area contributed by atoms with Crippen LogP contribution in [0.3, 0.4) is 0 Å². The first-order chi connectivity index (χ1) is 12.5. The Morgan fingerprint density at radius 3 is 2.81 bits per heavy atom. The summed E-state index contributed by atoms with van der Waals surface area (Å²) in [6, 6.07) is 9.47. The fraction of sp³-hybridized carbons (Fsp3) is 0.263. The highest BCUT2D eigenvalue weighted by Crippen LogP contribution is 2.24. The number of amides is 2. The van der Waals surface area contributed by atoms with Gasteiger partial charge in [-0.15, -0.1) is 0 Å². The van der Waals surface area contributed by atoms with E-state index in [-0.39, 0.29) is 18.4 Å². The minimum atomic E-state index is -0.751. The van der Waals surface area contributed by atoms with Gasteiger partial charge in [0.2, 0.25) is 11.8 Å². The Hall–Kier alpha value is -2.80. The largest absolute Gasteiger partial charge is 0.353 e. The summed E-state index contributed by atoms with van der Waals surface area (Å²) >= 11 is 0. The van der Waals surface area contributed by atoms with Gasteiger partial charge in [-0.05, 0) is 36.8 Å². The van der Waals surface area contributed by atoms with E-state index in [1.54, 1.807) is 24.0 Å². The molecule has 0 aromatic heterocycles. The maximum atomic E-state index is 13.6. The zero-order valence-corrected chi connectivity index (χ0v) is 14.3. The molecule has 2 aromatic rings. The summed E-state index contributed by atoms with van der Waals surface area (Å²) in [6.45, 7) is 2.36. The smallest absolute Gasteiger partial charge is 0.242 e. The first kappa shape index (κ1) is 18.0.